The van der Waals surface area contributed by atoms with Crippen molar-refractivity contribution in [1.29, 1.82) is 0 Å². The Kier molecular flexibility index (Phi) is 8.06. The van der Waals surface area contributed by atoms with Crippen LogP contribution in [-0.2, 0) is 4.79 Å². The standard InChI is InChI=1S/C28H36N4O3/c1-20-11-13-24(14-12-20)29-28(35)31-18-15-22(16-19-31)25(27(34)32-17-7-6-8-21(32)2)30-26(33)23-9-4-3-5-10-23/h3-5,9-14,21-22,25H,6-8,15-19H2,1-2H3,(H,29,35)(H,30,33)/t21-,25+/m0/s1. The minimum absolute atomic E-state index is 0.00374. The van der Waals surface area contributed by atoms with Crippen LogP contribution in [-0.4, -0.2) is 59.4 Å². The van der Waals surface area contributed by atoms with Gasteiger partial charge in [-0.25, -0.2) is 4.79 Å². The molecule has 0 spiro atoms. The third-order valence-corrected chi connectivity index (χ3v) is 7.28. The van der Waals surface area contributed by atoms with E-state index in [0.29, 0.717) is 31.5 Å². The van der Waals surface area contributed by atoms with E-state index < -0.39 is 6.04 Å². The fourth-order valence-corrected chi connectivity index (χ4v) is 5.07. The second-order valence-corrected chi connectivity index (χ2v) is 9.81. The first-order valence-electron chi connectivity index (χ1n) is 12.7. The lowest BCUT2D eigenvalue weighted by Crippen LogP contribution is -2.57. The van der Waals surface area contributed by atoms with Gasteiger partial charge >= 0.3 is 6.03 Å². The van der Waals surface area contributed by atoms with Gasteiger partial charge in [-0.15, -0.1) is 0 Å². The molecule has 4 rings (SSSR count). The number of piperidine rings is 2. The van der Waals surface area contributed by atoms with Crippen LogP contribution >= 0.6 is 0 Å². The lowest BCUT2D eigenvalue weighted by Gasteiger charge is -2.40. The smallest absolute Gasteiger partial charge is 0.321 e. The molecule has 2 heterocycles. The summed E-state index contributed by atoms with van der Waals surface area (Å²) in [5, 5.41) is 6.02. The van der Waals surface area contributed by atoms with E-state index in [-0.39, 0.29) is 29.8 Å². The zero-order chi connectivity index (χ0) is 24.8. The molecule has 0 unspecified atom stereocenters. The zero-order valence-corrected chi connectivity index (χ0v) is 20.7. The maximum atomic E-state index is 13.7. The third kappa shape index (κ3) is 6.21. The van der Waals surface area contributed by atoms with Crippen LogP contribution < -0.4 is 10.6 Å². The number of benzene rings is 2. The highest BCUT2D eigenvalue weighted by atomic mass is 16.2. The van der Waals surface area contributed by atoms with Crippen LogP contribution in [0.5, 0.6) is 0 Å². The first-order chi connectivity index (χ1) is 16.9. The summed E-state index contributed by atoms with van der Waals surface area (Å²) in [6.07, 6.45) is 4.43. The van der Waals surface area contributed by atoms with Crippen molar-refractivity contribution in [3.8, 4) is 0 Å². The average molecular weight is 477 g/mol. The van der Waals surface area contributed by atoms with Gasteiger partial charge in [-0.05, 0) is 76.1 Å². The largest absolute Gasteiger partial charge is 0.340 e. The Balaban J connectivity index is 1.43. The lowest BCUT2D eigenvalue weighted by molar-refractivity contribution is -0.138. The van der Waals surface area contributed by atoms with E-state index in [4.69, 9.17) is 0 Å². The molecule has 2 aromatic carbocycles. The Labute approximate surface area is 207 Å². The van der Waals surface area contributed by atoms with Gasteiger partial charge in [-0.2, -0.15) is 0 Å². The molecule has 2 fully saturated rings. The van der Waals surface area contributed by atoms with Crippen molar-refractivity contribution >= 4 is 23.5 Å². The number of hydrogen-bond donors (Lipinski definition) is 2. The molecule has 0 aromatic heterocycles. The van der Waals surface area contributed by atoms with Crippen LogP contribution in [0.1, 0.15) is 54.9 Å². The third-order valence-electron chi connectivity index (χ3n) is 7.28. The van der Waals surface area contributed by atoms with Crippen LogP contribution in [0, 0.1) is 12.8 Å². The normalized spacial score (nSPS) is 19.7. The lowest BCUT2D eigenvalue weighted by atomic mass is 9.87. The van der Waals surface area contributed by atoms with Gasteiger partial charge in [-0.1, -0.05) is 35.9 Å². The van der Waals surface area contributed by atoms with Crippen LogP contribution in [0.25, 0.3) is 0 Å². The molecular weight excluding hydrogens is 440 g/mol. The van der Waals surface area contributed by atoms with E-state index in [9.17, 15) is 14.4 Å². The number of amides is 4. The molecule has 7 nitrogen and oxygen atoms in total. The van der Waals surface area contributed by atoms with Crippen molar-refractivity contribution in [1.82, 2.24) is 15.1 Å². The number of carbonyl (C=O) groups excluding carboxylic acids is 3. The minimum Gasteiger partial charge on any atom is -0.340 e. The summed E-state index contributed by atoms with van der Waals surface area (Å²) in [6, 6.07) is 16.2. The molecule has 7 heteroatoms. The van der Waals surface area contributed by atoms with Crippen LogP contribution in [0.4, 0.5) is 10.5 Å². The Morgan fingerprint density at radius 1 is 0.886 bits per heavy atom. The second kappa shape index (κ2) is 11.4. The van der Waals surface area contributed by atoms with Gasteiger partial charge < -0.3 is 20.4 Å². The first-order valence-corrected chi connectivity index (χ1v) is 12.7. The SMILES string of the molecule is Cc1ccc(NC(=O)N2CCC([C@@H](NC(=O)c3ccccc3)C(=O)N3CCCC[C@@H]3C)CC2)cc1. The van der Waals surface area contributed by atoms with Gasteiger partial charge in [0, 0.05) is 36.9 Å². The van der Waals surface area contributed by atoms with Gasteiger partial charge in [-0.3, -0.25) is 9.59 Å². The molecule has 2 atom stereocenters. The number of likely N-dealkylation sites (tertiary alicyclic amines) is 2. The number of nitrogens with one attached hydrogen (secondary N) is 2. The molecule has 2 aliphatic heterocycles. The Bertz CT molecular complexity index is 1020. The first kappa shape index (κ1) is 24.8. The van der Waals surface area contributed by atoms with E-state index in [2.05, 4.69) is 17.6 Å². The topological polar surface area (TPSA) is 81.8 Å². The Morgan fingerprint density at radius 3 is 2.23 bits per heavy atom. The minimum atomic E-state index is -0.592. The molecule has 0 aliphatic carbocycles. The molecule has 2 saturated heterocycles. The Hall–Kier alpha value is -3.35. The van der Waals surface area contributed by atoms with E-state index in [0.717, 1.165) is 37.1 Å². The molecule has 0 radical (unpaired) electrons. The number of hydrogen-bond acceptors (Lipinski definition) is 3. The molecule has 186 valence electrons. The van der Waals surface area contributed by atoms with Crippen molar-refractivity contribution < 1.29 is 14.4 Å². The van der Waals surface area contributed by atoms with Crippen LogP contribution in [0.2, 0.25) is 0 Å². The monoisotopic (exact) mass is 476 g/mol. The fourth-order valence-electron chi connectivity index (χ4n) is 5.07. The van der Waals surface area contributed by atoms with Gasteiger partial charge in [0.25, 0.3) is 5.91 Å². The number of anilines is 1. The molecule has 4 amide bonds. The second-order valence-electron chi connectivity index (χ2n) is 9.81. The maximum Gasteiger partial charge on any atom is 0.321 e. The molecule has 0 saturated carbocycles. The number of urea groups is 1. The van der Waals surface area contributed by atoms with Crippen molar-refractivity contribution in [2.24, 2.45) is 5.92 Å². The molecule has 2 N–H and O–H groups in total. The summed E-state index contributed by atoms with van der Waals surface area (Å²) < 4.78 is 0. The summed E-state index contributed by atoms with van der Waals surface area (Å²) in [5.41, 5.74) is 2.46. The predicted molar refractivity (Wildman–Crippen MR) is 137 cm³/mol. The van der Waals surface area contributed by atoms with Crippen molar-refractivity contribution in [2.75, 3.05) is 25.0 Å². The van der Waals surface area contributed by atoms with Gasteiger partial charge in [0.1, 0.15) is 6.04 Å². The maximum absolute atomic E-state index is 13.7. The number of rotatable bonds is 5. The summed E-state index contributed by atoms with van der Waals surface area (Å²) in [4.78, 5) is 43.2. The van der Waals surface area contributed by atoms with Crippen molar-refractivity contribution in [3.05, 3.63) is 65.7 Å². The molecule has 2 aliphatic rings. The van der Waals surface area contributed by atoms with Gasteiger partial charge in [0.05, 0.1) is 0 Å². The van der Waals surface area contributed by atoms with Crippen molar-refractivity contribution in [3.63, 3.8) is 0 Å². The number of carbonyl (C=O) groups is 3. The van der Waals surface area contributed by atoms with E-state index in [1.807, 2.05) is 54.3 Å². The molecule has 0 bridgehead atoms. The summed E-state index contributed by atoms with van der Waals surface area (Å²) in [5.74, 6) is -0.245. The fraction of sp³-hybridized carbons (Fsp3) is 0.464. The van der Waals surface area contributed by atoms with E-state index in [1.54, 1.807) is 17.0 Å². The summed E-state index contributed by atoms with van der Waals surface area (Å²) >= 11 is 0. The van der Waals surface area contributed by atoms with Crippen LogP contribution in [0.15, 0.2) is 54.6 Å². The summed E-state index contributed by atoms with van der Waals surface area (Å²) in [7, 11) is 0. The quantitative estimate of drug-likeness (QED) is 0.669. The highest BCUT2D eigenvalue weighted by Gasteiger charge is 2.38. The van der Waals surface area contributed by atoms with E-state index >= 15 is 0 Å². The highest BCUT2D eigenvalue weighted by molar-refractivity contribution is 5.97. The number of aryl methyl sites for hydroxylation is 1. The Morgan fingerprint density at radius 2 is 1.57 bits per heavy atom. The van der Waals surface area contributed by atoms with Gasteiger partial charge in [0.2, 0.25) is 5.91 Å². The zero-order valence-electron chi connectivity index (χ0n) is 20.7. The number of nitrogens with zero attached hydrogens (tertiary/aromatic N) is 2. The van der Waals surface area contributed by atoms with E-state index in [1.165, 1.54) is 0 Å². The van der Waals surface area contributed by atoms with Crippen molar-refractivity contribution in [2.45, 2.75) is 58.0 Å². The highest BCUT2D eigenvalue weighted by Crippen LogP contribution is 2.26. The average Bonchev–Trinajstić information content (AvgIpc) is 2.89. The van der Waals surface area contributed by atoms with Gasteiger partial charge in [0.15, 0.2) is 0 Å². The molecular formula is C28H36N4O3. The summed E-state index contributed by atoms with van der Waals surface area (Å²) in [6.45, 7) is 5.92. The predicted octanol–water partition coefficient (Wildman–Crippen LogP) is 4.44. The molecule has 35 heavy (non-hydrogen) atoms. The van der Waals surface area contributed by atoms with Crippen LogP contribution in [0.3, 0.4) is 0 Å². The molecule has 2 aromatic rings.